The molecule has 158 valence electrons. The third-order valence-corrected chi connectivity index (χ3v) is 8.28. The van der Waals surface area contributed by atoms with Crippen LogP contribution in [-0.2, 0) is 26.8 Å². The predicted molar refractivity (Wildman–Crippen MR) is 117 cm³/mol. The number of carbonyl (C=O) groups is 1. The molecular formula is C22H30N2O3S2. The van der Waals surface area contributed by atoms with E-state index in [9.17, 15) is 13.2 Å². The van der Waals surface area contributed by atoms with E-state index in [0.29, 0.717) is 37.4 Å². The van der Waals surface area contributed by atoms with Crippen molar-refractivity contribution >= 4 is 27.3 Å². The van der Waals surface area contributed by atoms with Crippen molar-refractivity contribution in [1.82, 2.24) is 9.21 Å². The Labute approximate surface area is 178 Å². The van der Waals surface area contributed by atoms with Crippen LogP contribution >= 0.6 is 11.3 Å². The SMILES string of the molecule is CN(Cc1cccs1)C(=O)C1CCN(S(=O)(=O)c2ccc(C(C)(C)C)cc2)CC1. The Bertz CT molecular complexity index is 921. The number of piperidine rings is 1. The Morgan fingerprint density at radius 3 is 2.28 bits per heavy atom. The van der Waals surface area contributed by atoms with Gasteiger partial charge in [0, 0.05) is 30.9 Å². The molecule has 0 radical (unpaired) electrons. The molecule has 1 aromatic heterocycles. The number of hydrogen-bond donors (Lipinski definition) is 0. The average molecular weight is 435 g/mol. The summed E-state index contributed by atoms with van der Waals surface area (Å²) >= 11 is 1.64. The molecule has 29 heavy (non-hydrogen) atoms. The van der Waals surface area contributed by atoms with Crippen LogP contribution in [0.1, 0.15) is 44.1 Å². The molecule has 3 rings (SSSR count). The monoisotopic (exact) mass is 434 g/mol. The molecule has 1 aliphatic heterocycles. The Hall–Kier alpha value is -1.70. The fourth-order valence-corrected chi connectivity index (χ4v) is 5.87. The molecule has 0 atom stereocenters. The van der Waals surface area contributed by atoms with Crippen molar-refractivity contribution in [3.8, 4) is 0 Å². The molecule has 1 amide bonds. The van der Waals surface area contributed by atoms with E-state index in [1.165, 1.54) is 4.31 Å². The smallest absolute Gasteiger partial charge is 0.243 e. The molecule has 0 spiro atoms. The van der Waals surface area contributed by atoms with Crippen LogP contribution in [0.2, 0.25) is 0 Å². The Morgan fingerprint density at radius 1 is 1.14 bits per heavy atom. The lowest BCUT2D eigenvalue weighted by Crippen LogP contribution is -2.43. The number of benzene rings is 1. The second-order valence-corrected chi connectivity index (χ2v) is 11.7. The van der Waals surface area contributed by atoms with E-state index in [2.05, 4.69) is 20.8 Å². The van der Waals surface area contributed by atoms with Gasteiger partial charge < -0.3 is 4.90 Å². The Balaban J connectivity index is 1.61. The maximum Gasteiger partial charge on any atom is 0.243 e. The molecule has 0 N–H and O–H groups in total. The minimum absolute atomic E-state index is 0.0177. The van der Waals surface area contributed by atoms with E-state index >= 15 is 0 Å². The fraction of sp³-hybridized carbons (Fsp3) is 0.500. The Morgan fingerprint density at radius 2 is 1.76 bits per heavy atom. The topological polar surface area (TPSA) is 57.7 Å². The van der Waals surface area contributed by atoms with Gasteiger partial charge >= 0.3 is 0 Å². The van der Waals surface area contributed by atoms with Gasteiger partial charge in [0.15, 0.2) is 0 Å². The summed E-state index contributed by atoms with van der Waals surface area (Å²) in [4.78, 5) is 16.0. The van der Waals surface area contributed by atoms with Crippen LogP contribution in [0.25, 0.3) is 0 Å². The van der Waals surface area contributed by atoms with Gasteiger partial charge in [0.05, 0.1) is 11.4 Å². The van der Waals surface area contributed by atoms with Crippen LogP contribution in [0.5, 0.6) is 0 Å². The molecule has 2 aromatic rings. The minimum atomic E-state index is -3.52. The van der Waals surface area contributed by atoms with Gasteiger partial charge in [-0.3, -0.25) is 4.79 Å². The quantitative estimate of drug-likeness (QED) is 0.712. The molecule has 7 heteroatoms. The maximum absolute atomic E-state index is 13.0. The number of carbonyl (C=O) groups excluding carboxylic acids is 1. The van der Waals surface area contributed by atoms with Gasteiger partial charge in [0.2, 0.25) is 15.9 Å². The van der Waals surface area contributed by atoms with Crippen molar-refractivity contribution in [3.05, 3.63) is 52.2 Å². The average Bonchev–Trinajstić information content (AvgIpc) is 3.20. The first-order chi connectivity index (χ1) is 13.6. The van der Waals surface area contributed by atoms with Crippen LogP contribution in [0.4, 0.5) is 0 Å². The van der Waals surface area contributed by atoms with E-state index in [1.54, 1.807) is 28.4 Å². The molecule has 5 nitrogen and oxygen atoms in total. The molecule has 1 fully saturated rings. The first-order valence-electron chi connectivity index (χ1n) is 9.97. The van der Waals surface area contributed by atoms with Crippen molar-refractivity contribution in [2.45, 2.75) is 50.5 Å². The highest BCUT2D eigenvalue weighted by Gasteiger charge is 2.33. The molecule has 1 saturated heterocycles. The second-order valence-electron chi connectivity index (χ2n) is 8.73. The van der Waals surface area contributed by atoms with Gasteiger partial charge in [-0.25, -0.2) is 8.42 Å². The van der Waals surface area contributed by atoms with E-state index in [1.807, 2.05) is 36.7 Å². The zero-order chi connectivity index (χ0) is 21.2. The lowest BCUT2D eigenvalue weighted by molar-refractivity contribution is -0.135. The lowest BCUT2D eigenvalue weighted by atomic mass is 9.87. The number of nitrogens with zero attached hydrogens (tertiary/aromatic N) is 2. The zero-order valence-corrected chi connectivity index (χ0v) is 19.2. The number of hydrogen-bond acceptors (Lipinski definition) is 4. The first kappa shape index (κ1) is 22.0. The van der Waals surface area contributed by atoms with Gasteiger partial charge in [-0.2, -0.15) is 4.31 Å². The molecule has 0 aliphatic carbocycles. The van der Waals surface area contributed by atoms with Gasteiger partial charge in [-0.05, 0) is 47.4 Å². The van der Waals surface area contributed by atoms with Crippen molar-refractivity contribution in [1.29, 1.82) is 0 Å². The second kappa shape index (κ2) is 8.58. The van der Waals surface area contributed by atoms with Gasteiger partial charge in [0.25, 0.3) is 0 Å². The first-order valence-corrected chi connectivity index (χ1v) is 12.3. The predicted octanol–water partition coefficient (Wildman–Crippen LogP) is 4.10. The summed E-state index contributed by atoms with van der Waals surface area (Å²) in [6.07, 6.45) is 1.12. The third-order valence-electron chi connectivity index (χ3n) is 5.51. The van der Waals surface area contributed by atoms with Crippen molar-refractivity contribution in [2.24, 2.45) is 5.92 Å². The maximum atomic E-state index is 13.0. The highest BCUT2D eigenvalue weighted by atomic mass is 32.2. The van der Waals surface area contributed by atoms with Crippen LogP contribution in [0.15, 0.2) is 46.7 Å². The van der Waals surface area contributed by atoms with Gasteiger partial charge in [-0.1, -0.05) is 39.0 Å². The molecular weight excluding hydrogens is 404 g/mol. The van der Waals surface area contributed by atoms with Crippen LogP contribution in [0, 0.1) is 5.92 Å². The molecule has 2 heterocycles. The standard InChI is InChI=1S/C22H30N2O3S2/c1-22(2,3)18-7-9-20(10-8-18)29(26,27)24-13-11-17(12-14-24)21(25)23(4)16-19-6-5-15-28-19/h5-10,15,17H,11-14,16H2,1-4H3. The highest BCUT2D eigenvalue weighted by Crippen LogP contribution is 2.28. The molecule has 0 unspecified atom stereocenters. The summed E-state index contributed by atoms with van der Waals surface area (Å²) in [7, 11) is -1.70. The van der Waals surface area contributed by atoms with E-state index in [0.717, 1.165) is 10.4 Å². The van der Waals surface area contributed by atoms with E-state index in [-0.39, 0.29) is 17.2 Å². The normalized spacial score (nSPS) is 16.7. The van der Waals surface area contributed by atoms with E-state index < -0.39 is 10.0 Å². The third kappa shape index (κ3) is 5.08. The summed E-state index contributed by atoms with van der Waals surface area (Å²) < 4.78 is 27.5. The summed E-state index contributed by atoms with van der Waals surface area (Å²) in [5.41, 5.74) is 1.09. The number of sulfonamides is 1. The van der Waals surface area contributed by atoms with Crippen LogP contribution < -0.4 is 0 Å². The van der Waals surface area contributed by atoms with E-state index in [4.69, 9.17) is 0 Å². The molecule has 0 bridgehead atoms. The van der Waals surface area contributed by atoms with Crippen molar-refractivity contribution < 1.29 is 13.2 Å². The largest absolute Gasteiger partial charge is 0.340 e. The fourth-order valence-electron chi connectivity index (χ4n) is 3.64. The molecule has 1 aliphatic rings. The number of amides is 1. The molecule has 1 aromatic carbocycles. The summed E-state index contributed by atoms with van der Waals surface area (Å²) in [5.74, 6) is -0.0142. The lowest BCUT2D eigenvalue weighted by Gasteiger charge is -2.32. The highest BCUT2D eigenvalue weighted by molar-refractivity contribution is 7.89. The van der Waals surface area contributed by atoms with Gasteiger partial charge in [0.1, 0.15) is 0 Å². The summed E-state index contributed by atoms with van der Waals surface area (Å²) in [5, 5.41) is 2.00. The Kier molecular flexibility index (Phi) is 6.51. The number of rotatable bonds is 5. The van der Waals surface area contributed by atoms with Crippen LogP contribution in [0.3, 0.4) is 0 Å². The summed E-state index contributed by atoms with van der Waals surface area (Å²) in [6.45, 7) is 7.68. The van der Waals surface area contributed by atoms with Crippen molar-refractivity contribution in [2.75, 3.05) is 20.1 Å². The minimum Gasteiger partial charge on any atom is -0.340 e. The molecule has 0 saturated carbocycles. The zero-order valence-electron chi connectivity index (χ0n) is 17.6. The summed E-state index contributed by atoms with van der Waals surface area (Å²) in [6, 6.07) is 11.2. The number of thiophene rings is 1. The van der Waals surface area contributed by atoms with Gasteiger partial charge in [-0.15, -0.1) is 11.3 Å². The van der Waals surface area contributed by atoms with Crippen molar-refractivity contribution in [3.63, 3.8) is 0 Å². The van der Waals surface area contributed by atoms with Crippen LogP contribution in [-0.4, -0.2) is 43.7 Å².